The minimum atomic E-state index is 0.881. The monoisotopic (exact) mass is 176 g/mol. The van der Waals surface area contributed by atoms with Gasteiger partial charge in [0.2, 0.25) is 0 Å². The van der Waals surface area contributed by atoms with Gasteiger partial charge in [-0.3, -0.25) is 0 Å². The van der Waals surface area contributed by atoms with E-state index in [1.807, 2.05) is 0 Å². The SMILES string of the molecule is CCCC(C)CC(C)C.CS. The first-order chi connectivity index (χ1) is 5.16. The van der Waals surface area contributed by atoms with E-state index in [1.165, 1.54) is 19.3 Å². The Labute approximate surface area is 78.2 Å². The van der Waals surface area contributed by atoms with Gasteiger partial charge >= 0.3 is 0 Å². The van der Waals surface area contributed by atoms with E-state index >= 15 is 0 Å². The van der Waals surface area contributed by atoms with E-state index in [9.17, 15) is 0 Å². The first-order valence-electron chi connectivity index (χ1n) is 4.61. The fraction of sp³-hybridized carbons (Fsp3) is 1.00. The summed E-state index contributed by atoms with van der Waals surface area (Å²) in [5.74, 6) is 1.82. The van der Waals surface area contributed by atoms with Crippen LogP contribution in [0.3, 0.4) is 0 Å². The maximum absolute atomic E-state index is 3.53. The zero-order valence-electron chi connectivity index (χ0n) is 8.72. The standard InChI is InChI=1S/C9H20.CH4S/c1-5-6-9(4)7-8(2)3;1-2/h8-9H,5-7H2,1-4H3;2H,1H3. The topological polar surface area (TPSA) is 0 Å². The molecule has 1 unspecified atom stereocenters. The molecule has 0 aliphatic rings. The van der Waals surface area contributed by atoms with Crippen LogP contribution in [0, 0.1) is 11.8 Å². The van der Waals surface area contributed by atoms with Gasteiger partial charge in [-0.15, -0.1) is 0 Å². The van der Waals surface area contributed by atoms with Gasteiger partial charge in [-0.1, -0.05) is 40.5 Å². The largest absolute Gasteiger partial charge is 0.183 e. The summed E-state index contributed by atoms with van der Waals surface area (Å²) in [5.41, 5.74) is 0. The summed E-state index contributed by atoms with van der Waals surface area (Å²) in [5, 5.41) is 0. The average molecular weight is 176 g/mol. The van der Waals surface area contributed by atoms with Crippen LogP contribution in [0.4, 0.5) is 0 Å². The molecule has 1 heteroatoms. The van der Waals surface area contributed by atoms with Gasteiger partial charge in [-0.2, -0.15) is 12.6 Å². The van der Waals surface area contributed by atoms with Gasteiger partial charge in [0.05, 0.1) is 0 Å². The summed E-state index contributed by atoms with van der Waals surface area (Å²) >= 11 is 3.53. The lowest BCUT2D eigenvalue weighted by molar-refractivity contribution is 0.412. The molecule has 0 bridgehead atoms. The summed E-state index contributed by atoms with van der Waals surface area (Å²) in [7, 11) is 0. The van der Waals surface area contributed by atoms with Crippen molar-refractivity contribution >= 4 is 12.6 Å². The maximum Gasteiger partial charge on any atom is -0.0215 e. The van der Waals surface area contributed by atoms with Gasteiger partial charge < -0.3 is 0 Å². The number of thiol groups is 1. The molecule has 0 spiro atoms. The Morgan fingerprint density at radius 1 is 1.09 bits per heavy atom. The highest BCUT2D eigenvalue weighted by Gasteiger charge is 2.02. The Balaban J connectivity index is 0. The number of rotatable bonds is 4. The first kappa shape index (κ1) is 13.9. The molecule has 0 N–H and O–H groups in total. The zero-order chi connectivity index (χ0) is 9.28. The van der Waals surface area contributed by atoms with Crippen molar-refractivity contribution < 1.29 is 0 Å². The van der Waals surface area contributed by atoms with Gasteiger partial charge in [-0.05, 0) is 24.5 Å². The van der Waals surface area contributed by atoms with Crippen LogP contribution in [0.25, 0.3) is 0 Å². The Hall–Kier alpha value is 0.350. The molecule has 0 fully saturated rings. The van der Waals surface area contributed by atoms with Crippen molar-refractivity contribution in [2.75, 3.05) is 6.26 Å². The lowest BCUT2D eigenvalue weighted by Gasteiger charge is -2.11. The fourth-order valence-corrected chi connectivity index (χ4v) is 1.42. The molecule has 0 nitrogen and oxygen atoms in total. The van der Waals surface area contributed by atoms with Crippen LogP contribution in [-0.4, -0.2) is 6.26 Å². The Morgan fingerprint density at radius 3 is 1.82 bits per heavy atom. The molecule has 0 aromatic heterocycles. The van der Waals surface area contributed by atoms with Crippen LogP contribution in [0.15, 0.2) is 0 Å². The normalized spacial score (nSPS) is 12.3. The molecular weight excluding hydrogens is 152 g/mol. The van der Waals surface area contributed by atoms with Crippen molar-refractivity contribution in [2.24, 2.45) is 11.8 Å². The molecule has 0 radical (unpaired) electrons. The van der Waals surface area contributed by atoms with Gasteiger partial charge in [0.15, 0.2) is 0 Å². The molecule has 0 amide bonds. The molecule has 11 heavy (non-hydrogen) atoms. The molecule has 0 aliphatic heterocycles. The molecular formula is C10H24S. The molecule has 0 saturated heterocycles. The van der Waals surface area contributed by atoms with E-state index in [2.05, 4.69) is 40.3 Å². The molecule has 0 aliphatic carbocycles. The molecule has 1 atom stereocenters. The van der Waals surface area contributed by atoms with Gasteiger partial charge in [0, 0.05) is 0 Å². The Bertz CT molecular complexity index is 59.9. The molecule has 0 saturated carbocycles. The lowest BCUT2D eigenvalue weighted by atomic mass is 9.95. The van der Waals surface area contributed by atoms with E-state index in [4.69, 9.17) is 0 Å². The van der Waals surface area contributed by atoms with Crippen LogP contribution < -0.4 is 0 Å². The minimum Gasteiger partial charge on any atom is -0.183 e. The molecule has 0 rings (SSSR count). The van der Waals surface area contributed by atoms with E-state index in [1.54, 1.807) is 6.26 Å². The predicted molar refractivity (Wildman–Crippen MR) is 58.4 cm³/mol. The molecule has 0 heterocycles. The van der Waals surface area contributed by atoms with Crippen molar-refractivity contribution in [3.63, 3.8) is 0 Å². The van der Waals surface area contributed by atoms with Crippen molar-refractivity contribution in [3.8, 4) is 0 Å². The Kier molecular flexibility index (Phi) is 13.1. The van der Waals surface area contributed by atoms with Crippen molar-refractivity contribution in [1.82, 2.24) is 0 Å². The summed E-state index contributed by atoms with van der Waals surface area (Å²) in [6, 6.07) is 0. The third-order valence-corrected chi connectivity index (χ3v) is 1.66. The average Bonchev–Trinajstić information content (AvgIpc) is 1.91. The predicted octanol–water partition coefficient (Wildman–Crippen LogP) is 4.01. The fourth-order valence-electron chi connectivity index (χ4n) is 1.42. The summed E-state index contributed by atoms with van der Waals surface area (Å²) < 4.78 is 0. The second-order valence-corrected chi connectivity index (χ2v) is 3.52. The third kappa shape index (κ3) is 13.4. The lowest BCUT2D eigenvalue weighted by Crippen LogP contribution is -1.98. The van der Waals surface area contributed by atoms with Gasteiger partial charge in [-0.25, -0.2) is 0 Å². The summed E-state index contributed by atoms with van der Waals surface area (Å²) in [4.78, 5) is 0. The highest BCUT2D eigenvalue weighted by Crippen LogP contribution is 2.15. The number of hydrogen-bond acceptors (Lipinski definition) is 1. The van der Waals surface area contributed by atoms with Crippen molar-refractivity contribution in [3.05, 3.63) is 0 Å². The highest BCUT2D eigenvalue weighted by molar-refractivity contribution is 7.79. The number of hydrogen-bond donors (Lipinski definition) is 1. The minimum absolute atomic E-state index is 0.881. The molecule has 0 aromatic carbocycles. The van der Waals surface area contributed by atoms with Gasteiger partial charge in [0.25, 0.3) is 0 Å². The second-order valence-electron chi connectivity index (χ2n) is 3.52. The van der Waals surface area contributed by atoms with E-state index in [0.29, 0.717) is 0 Å². The smallest absolute Gasteiger partial charge is 0.0215 e. The van der Waals surface area contributed by atoms with Crippen LogP contribution in [0.2, 0.25) is 0 Å². The molecule has 0 aromatic rings. The van der Waals surface area contributed by atoms with E-state index < -0.39 is 0 Å². The molecule has 70 valence electrons. The van der Waals surface area contributed by atoms with Gasteiger partial charge in [0.1, 0.15) is 0 Å². The van der Waals surface area contributed by atoms with Crippen LogP contribution in [0.1, 0.15) is 47.0 Å². The third-order valence-electron chi connectivity index (χ3n) is 1.66. The first-order valence-corrected chi connectivity index (χ1v) is 5.51. The summed E-state index contributed by atoms with van der Waals surface area (Å²) in [6.07, 6.45) is 5.83. The van der Waals surface area contributed by atoms with E-state index in [0.717, 1.165) is 11.8 Å². The van der Waals surface area contributed by atoms with E-state index in [-0.39, 0.29) is 0 Å². The quantitative estimate of drug-likeness (QED) is 0.615. The Morgan fingerprint density at radius 2 is 1.55 bits per heavy atom. The highest BCUT2D eigenvalue weighted by atomic mass is 32.1. The second kappa shape index (κ2) is 10.3. The summed E-state index contributed by atoms with van der Waals surface area (Å²) in [6.45, 7) is 9.21. The zero-order valence-corrected chi connectivity index (χ0v) is 9.62. The van der Waals surface area contributed by atoms with Crippen LogP contribution in [-0.2, 0) is 0 Å². The maximum atomic E-state index is 3.53. The van der Waals surface area contributed by atoms with Crippen molar-refractivity contribution in [1.29, 1.82) is 0 Å². The van der Waals surface area contributed by atoms with Crippen molar-refractivity contribution in [2.45, 2.75) is 47.0 Å². The van der Waals surface area contributed by atoms with Crippen LogP contribution >= 0.6 is 12.6 Å². The van der Waals surface area contributed by atoms with Crippen LogP contribution in [0.5, 0.6) is 0 Å².